The zero-order valence-corrected chi connectivity index (χ0v) is 15.0. The van der Waals surface area contributed by atoms with Crippen molar-refractivity contribution in [2.75, 3.05) is 32.6 Å². The second-order valence-corrected chi connectivity index (χ2v) is 6.00. The third-order valence-electron chi connectivity index (χ3n) is 4.05. The second-order valence-electron chi connectivity index (χ2n) is 6.00. The van der Waals surface area contributed by atoms with Crippen molar-refractivity contribution < 1.29 is 9.53 Å². The topological polar surface area (TPSA) is 32.8 Å². The number of carbonyl (C=O) groups excluding carboxylic acids is 1. The molecule has 128 valence electrons. The fraction of sp³-hybridized carbons (Fsp3) is 0.350. The molecule has 0 heterocycles. The number of hydrogen-bond donors (Lipinski definition) is 0. The van der Waals surface area contributed by atoms with Gasteiger partial charge in [0.15, 0.2) is 0 Å². The molecule has 2 aromatic rings. The molecule has 0 aliphatic carbocycles. The van der Waals surface area contributed by atoms with Crippen molar-refractivity contribution in [2.45, 2.75) is 19.9 Å². The number of ether oxygens (including phenoxy) is 1. The van der Waals surface area contributed by atoms with Crippen LogP contribution < -0.4 is 9.64 Å². The first-order valence-electron chi connectivity index (χ1n) is 8.20. The van der Waals surface area contributed by atoms with Gasteiger partial charge in [-0.15, -0.1) is 0 Å². The van der Waals surface area contributed by atoms with Crippen LogP contribution in [0.25, 0.3) is 0 Å². The van der Waals surface area contributed by atoms with E-state index in [1.807, 2.05) is 50.2 Å². The monoisotopic (exact) mass is 326 g/mol. The van der Waals surface area contributed by atoms with E-state index < -0.39 is 0 Å². The molecular weight excluding hydrogens is 300 g/mol. The highest BCUT2D eigenvalue weighted by Crippen LogP contribution is 2.16. The molecule has 4 heteroatoms. The lowest BCUT2D eigenvalue weighted by atomic mass is 10.1. The van der Waals surface area contributed by atoms with Crippen LogP contribution in [0.15, 0.2) is 48.5 Å². The lowest BCUT2D eigenvalue weighted by Gasteiger charge is -2.22. The summed E-state index contributed by atoms with van der Waals surface area (Å²) in [6, 6.07) is 16.0. The SMILES string of the molecule is CCN(Cc1ccc(N(C)C)cc1)C(=O)Cc1cccc(OC)c1. The number of carbonyl (C=O) groups is 1. The molecule has 1 amide bonds. The van der Waals surface area contributed by atoms with Gasteiger partial charge in [0.2, 0.25) is 5.91 Å². The molecule has 4 nitrogen and oxygen atoms in total. The first-order chi connectivity index (χ1) is 11.5. The minimum atomic E-state index is 0.127. The Labute approximate surface area is 144 Å². The Balaban J connectivity index is 2.02. The summed E-state index contributed by atoms with van der Waals surface area (Å²) in [6.45, 7) is 3.34. The molecule has 0 N–H and O–H groups in total. The predicted octanol–water partition coefficient (Wildman–Crippen LogP) is 3.35. The number of benzene rings is 2. The largest absolute Gasteiger partial charge is 0.497 e. The maximum absolute atomic E-state index is 12.6. The van der Waals surface area contributed by atoms with Crippen LogP contribution in [0.5, 0.6) is 5.75 Å². The zero-order chi connectivity index (χ0) is 17.5. The quantitative estimate of drug-likeness (QED) is 0.782. The van der Waals surface area contributed by atoms with Gasteiger partial charge in [-0.25, -0.2) is 0 Å². The zero-order valence-electron chi connectivity index (χ0n) is 15.0. The van der Waals surface area contributed by atoms with Crippen LogP contribution in [0.2, 0.25) is 0 Å². The van der Waals surface area contributed by atoms with Gasteiger partial charge in [0, 0.05) is 32.9 Å². The highest BCUT2D eigenvalue weighted by molar-refractivity contribution is 5.78. The molecule has 0 bridgehead atoms. The summed E-state index contributed by atoms with van der Waals surface area (Å²) in [5, 5.41) is 0. The lowest BCUT2D eigenvalue weighted by Crippen LogP contribution is -2.31. The van der Waals surface area contributed by atoms with Gasteiger partial charge in [-0.3, -0.25) is 4.79 Å². The minimum Gasteiger partial charge on any atom is -0.497 e. The smallest absolute Gasteiger partial charge is 0.227 e. The van der Waals surface area contributed by atoms with Gasteiger partial charge in [0.05, 0.1) is 13.5 Å². The van der Waals surface area contributed by atoms with Crippen molar-refractivity contribution >= 4 is 11.6 Å². The van der Waals surface area contributed by atoms with E-state index in [1.54, 1.807) is 7.11 Å². The number of anilines is 1. The van der Waals surface area contributed by atoms with Crippen LogP contribution in [0.1, 0.15) is 18.1 Å². The summed E-state index contributed by atoms with van der Waals surface area (Å²) >= 11 is 0. The van der Waals surface area contributed by atoms with Gasteiger partial charge >= 0.3 is 0 Å². The van der Waals surface area contributed by atoms with Crippen molar-refractivity contribution in [1.29, 1.82) is 0 Å². The Morgan fingerprint density at radius 2 is 1.75 bits per heavy atom. The van der Waals surface area contributed by atoms with Crippen molar-refractivity contribution in [2.24, 2.45) is 0 Å². The molecular formula is C20H26N2O2. The molecule has 0 radical (unpaired) electrons. The summed E-state index contributed by atoms with van der Waals surface area (Å²) in [6.07, 6.45) is 0.390. The van der Waals surface area contributed by atoms with Gasteiger partial charge in [-0.05, 0) is 42.3 Å². The molecule has 0 aromatic heterocycles. The fourth-order valence-corrected chi connectivity index (χ4v) is 2.57. The predicted molar refractivity (Wildman–Crippen MR) is 98.6 cm³/mol. The Morgan fingerprint density at radius 1 is 1.04 bits per heavy atom. The van der Waals surface area contributed by atoms with Crippen molar-refractivity contribution in [3.8, 4) is 5.75 Å². The van der Waals surface area contributed by atoms with E-state index in [9.17, 15) is 4.79 Å². The van der Waals surface area contributed by atoms with Gasteiger partial charge in [-0.2, -0.15) is 0 Å². The summed E-state index contributed by atoms with van der Waals surface area (Å²) in [5.74, 6) is 0.907. The average molecular weight is 326 g/mol. The first-order valence-corrected chi connectivity index (χ1v) is 8.20. The summed E-state index contributed by atoms with van der Waals surface area (Å²) < 4.78 is 5.22. The van der Waals surface area contributed by atoms with Crippen LogP contribution in [0.4, 0.5) is 5.69 Å². The maximum Gasteiger partial charge on any atom is 0.227 e. The standard InChI is InChI=1S/C20H26N2O2/c1-5-22(15-16-9-11-18(12-10-16)21(2)3)20(23)14-17-7-6-8-19(13-17)24-4/h6-13H,5,14-15H2,1-4H3. The van der Waals surface area contributed by atoms with Gasteiger partial charge in [0.1, 0.15) is 5.75 Å². The molecule has 0 spiro atoms. The number of nitrogens with zero attached hydrogens (tertiary/aromatic N) is 2. The van der Waals surface area contributed by atoms with E-state index in [4.69, 9.17) is 4.74 Å². The molecule has 0 fully saturated rings. The Kier molecular flexibility index (Phi) is 6.24. The fourth-order valence-electron chi connectivity index (χ4n) is 2.57. The number of methoxy groups -OCH3 is 1. The van der Waals surface area contributed by atoms with E-state index >= 15 is 0 Å². The molecule has 0 aliphatic rings. The minimum absolute atomic E-state index is 0.127. The Hall–Kier alpha value is -2.49. The maximum atomic E-state index is 12.6. The second kappa shape index (κ2) is 8.39. The highest BCUT2D eigenvalue weighted by Gasteiger charge is 2.13. The normalized spacial score (nSPS) is 10.3. The Morgan fingerprint density at radius 3 is 2.33 bits per heavy atom. The number of hydrogen-bond acceptors (Lipinski definition) is 3. The average Bonchev–Trinajstić information content (AvgIpc) is 2.60. The van der Waals surface area contributed by atoms with Gasteiger partial charge in [-0.1, -0.05) is 24.3 Å². The molecule has 0 unspecified atom stereocenters. The van der Waals surface area contributed by atoms with Crippen LogP contribution in [-0.2, 0) is 17.8 Å². The molecule has 2 aromatic carbocycles. The molecule has 24 heavy (non-hydrogen) atoms. The summed E-state index contributed by atoms with van der Waals surface area (Å²) in [7, 11) is 5.67. The molecule has 0 atom stereocenters. The first kappa shape index (κ1) is 17.9. The number of likely N-dealkylation sites (N-methyl/N-ethyl adjacent to an activating group) is 1. The van der Waals surface area contributed by atoms with Crippen LogP contribution in [0.3, 0.4) is 0 Å². The van der Waals surface area contributed by atoms with Crippen LogP contribution in [0, 0.1) is 0 Å². The van der Waals surface area contributed by atoms with Crippen molar-refractivity contribution in [1.82, 2.24) is 4.90 Å². The summed E-state index contributed by atoms with van der Waals surface area (Å²) in [5.41, 5.74) is 3.27. The van der Waals surface area contributed by atoms with Crippen LogP contribution in [-0.4, -0.2) is 38.6 Å². The van der Waals surface area contributed by atoms with E-state index in [1.165, 1.54) is 0 Å². The number of amides is 1. The highest BCUT2D eigenvalue weighted by atomic mass is 16.5. The summed E-state index contributed by atoms with van der Waals surface area (Å²) in [4.78, 5) is 16.5. The van der Waals surface area contributed by atoms with Crippen LogP contribution >= 0.6 is 0 Å². The van der Waals surface area contributed by atoms with E-state index in [0.717, 1.165) is 22.6 Å². The molecule has 0 saturated heterocycles. The van der Waals surface area contributed by atoms with Gasteiger partial charge in [0.25, 0.3) is 0 Å². The van der Waals surface area contributed by atoms with E-state index in [2.05, 4.69) is 29.2 Å². The Bertz CT molecular complexity index is 666. The van der Waals surface area contributed by atoms with E-state index in [-0.39, 0.29) is 5.91 Å². The molecule has 0 saturated carbocycles. The van der Waals surface area contributed by atoms with E-state index in [0.29, 0.717) is 19.5 Å². The lowest BCUT2D eigenvalue weighted by molar-refractivity contribution is -0.130. The third kappa shape index (κ3) is 4.75. The van der Waals surface area contributed by atoms with Gasteiger partial charge < -0.3 is 14.5 Å². The number of rotatable bonds is 7. The third-order valence-corrected chi connectivity index (χ3v) is 4.05. The molecule has 2 rings (SSSR count). The van der Waals surface area contributed by atoms with Crippen molar-refractivity contribution in [3.63, 3.8) is 0 Å². The molecule has 0 aliphatic heterocycles. The van der Waals surface area contributed by atoms with Crippen molar-refractivity contribution in [3.05, 3.63) is 59.7 Å².